The van der Waals surface area contributed by atoms with Crippen molar-refractivity contribution in [2.75, 3.05) is 6.54 Å². The van der Waals surface area contributed by atoms with Gasteiger partial charge in [0.1, 0.15) is 0 Å². The minimum Gasteiger partial charge on any atom is -0.329 e. The van der Waals surface area contributed by atoms with Crippen LogP contribution in [0.5, 0.6) is 0 Å². The van der Waals surface area contributed by atoms with Crippen LogP contribution in [0.4, 0.5) is 0 Å². The van der Waals surface area contributed by atoms with Gasteiger partial charge in [-0.25, -0.2) is 0 Å². The molecular weight excluding hydrogens is 370 g/mol. The van der Waals surface area contributed by atoms with Crippen LogP contribution in [-0.4, -0.2) is 15.1 Å². The molecule has 0 saturated heterocycles. The predicted molar refractivity (Wildman–Crippen MR) is 53.7 cm³/mol. The van der Waals surface area contributed by atoms with Crippen LogP contribution in [0.3, 0.4) is 0 Å². The van der Waals surface area contributed by atoms with Gasteiger partial charge in [-0.05, 0) is 0 Å². The van der Waals surface area contributed by atoms with Gasteiger partial charge in [0.2, 0.25) is 0 Å². The summed E-state index contributed by atoms with van der Waals surface area (Å²) in [7, 11) is 0. The lowest BCUT2D eigenvalue weighted by Gasteiger charge is -2.04. The van der Waals surface area contributed by atoms with E-state index in [1.165, 1.54) is 0 Å². The van der Waals surface area contributed by atoms with Gasteiger partial charge in [-0.15, -0.1) is 17.0 Å². The number of alkyl halides is 3. The Kier molecular flexibility index (Phi) is 11.0. The van der Waals surface area contributed by atoms with Gasteiger partial charge in [-0.2, -0.15) is 0 Å². The normalized spacial score (nSPS) is 13.1. The first-order chi connectivity index (χ1) is 3.18. The maximum atomic E-state index is 5.27. The third-order valence-corrected chi connectivity index (χ3v) is 4.10. The SMILES string of the molecule is Br.NCC(Br)C(Br)Br. The van der Waals surface area contributed by atoms with Crippen molar-refractivity contribution in [2.45, 2.75) is 8.56 Å². The summed E-state index contributed by atoms with van der Waals surface area (Å²) >= 11 is 9.90. The molecule has 0 fully saturated rings. The van der Waals surface area contributed by atoms with Crippen molar-refractivity contribution >= 4 is 64.8 Å². The van der Waals surface area contributed by atoms with Crippen molar-refractivity contribution in [2.24, 2.45) is 5.73 Å². The number of rotatable bonds is 2. The van der Waals surface area contributed by atoms with Crippen molar-refractivity contribution in [1.82, 2.24) is 0 Å². The first-order valence-electron chi connectivity index (χ1n) is 1.80. The zero-order valence-electron chi connectivity index (χ0n) is 3.98. The molecule has 0 bridgehead atoms. The molecule has 0 aliphatic heterocycles. The largest absolute Gasteiger partial charge is 0.329 e. The maximum absolute atomic E-state index is 5.27. The number of hydrogen-bond acceptors (Lipinski definition) is 1. The summed E-state index contributed by atoms with van der Waals surface area (Å²) in [6, 6.07) is 0. The van der Waals surface area contributed by atoms with Crippen molar-refractivity contribution in [3.05, 3.63) is 0 Å². The molecule has 0 amide bonds. The van der Waals surface area contributed by atoms with E-state index in [2.05, 4.69) is 47.8 Å². The van der Waals surface area contributed by atoms with Gasteiger partial charge in [-0.1, -0.05) is 47.8 Å². The molecule has 0 spiro atoms. The molecule has 0 radical (unpaired) electrons. The Morgan fingerprint density at radius 1 is 1.25 bits per heavy atom. The van der Waals surface area contributed by atoms with Crippen LogP contribution in [0, 0.1) is 0 Å². The standard InChI is InChI=1S/C3H6Br3N.BrH/c4-2(1-7)3(5)6;/h2-3H,1,7H2;1H. The van der Waals surface area contributed by atoms with E-state index in [4.69, 9.17) is 5.73 Å². The molecule has 0 heterocycles. The van der Waals surface area contributed by atoms with E-state index in [0.717, 1.165) is 0 Å². The van der Waals surface area contributed by atoms with E-state index in [1.54, 1.807) is 0 Å². The molecular formula is C3H7Br4N. The maximum Gasteiger partial charge on any atom is 0.0834 e. The van der Waals surface area contributed by atoms with Crippen LogP contribution in [0.2, 0.25) is 0 Å². The molecule has 8 heavy (non-hydrogen) atoms. The van der Waals surface area contributed by atoms with Gasteiger partial charge >= 0.3 is 0 Å². The Morgan fingerprint density at radius 2 is 1.62 bits per heavy atom. The first kappa shape index (κ1) is 12.5. The van der Waals surface area contributed by atoms with Gasteiger partial charge < -0.3 is 5.73 Å². The predicted octanol–water partition coefficient (Wildman–Crippen LogP) is 2.40. The minimum atomic E-state index is 0. The first-order valence-corrected chi connectivity index (χ1v) is 4.55. The van der Waals surface area contributed by atoms with Crippen molar-refractivity contribution < 1.29 is 0 Å². The van der Waals surface area contributed by atoms with Gasteiger partial charge in [0, 0.05) is 11.4 Å². The molecule has 1 unspecified atom stereocenters. The molecule has 0 saturated carbocycles. The molecule has 1 atom stereocenters. The monoisotopic (exact) mass is 373 g/mol. The summed E-state index contributed by atoms with van der Waals surface area (Å²) < 4.78 is 0.282. The highest BCUT2D eigenvalue weighted by molar-refractivity contribution is 9.25. The Balaban J connectivity index is 0. The molecule has 0 rings (SSSR count). The van der Waals surface area contributed by atoms with Crippen LogP contribution in [0.1, 0.15) is 0 Å². The summed E-state index contributed by atoms with van der Waals surface area (Å²) in [6.07, 6.45) is 0. The average molecular weight is 377 g/mol. The van der Waals surface area contributed by atoms with Crippen molar-refractivity contribution in [3.63, 3.8) is 0 Å². The van der Waals surface area contributed by atoms with E-state index in [-0.39, 0.29) is 20.7 Å². The highest BCUT2D eigenvalue weighted by Gasteiger charge is 2.07. The van der Waals surface area contributed by atoms with Crippen LogP contribution in [0.15, 0.2) is 0 Å². The highest BCUT2D eigenvalue weighted by Crippen LogP contribution is 2.18. The molecule has 5 heteroatoms. The zero-order valence-corrected chi connectivity index (χ0v) is 10.5. The molecule has 0 aromatic rings. The third-order valence-electron chi connectivity index (χ3n) is 0.499. The second kappa shape index (κ2) is 6.99. The lowest BCUT2D eigenvalue weighted by Crippen LogP contribution is -2.18. The fraction of sp³-hybridized carbons (Fsp3) is 1.00. The molecule has 0 aromatic carbocycles. The van der Waals surface area contributed by atoms with Gasteiger partial charge in [0.05, 0.1) is 3.74 Å². The fourth-order valence-corrected chi connectivity index (χ4v) is 0.535. The van der Waals surface area contributed by atoms with E-state index in [0.29, 0.717) is 11.4 Å². The summed E-state index contributed by atoms with van der Waals surface area (Å²) in [5, 5.41) is 0. The number of nitrogens with two attached hydrogens (primary N) is 1. The Morgan fingerprint density at radius 3 is 1.62 bits per heavy atom. The van der Waals surface area contributed by atoms with Crippen LogP contribution in [0.25, 0.3) is 0 Å². The molecule has 2 N–H and O–H groups in total. The number of hydrogen-bond donors (Lipinski definition) is 1. The van der Waals surface area contributed by atoms with Crippen LogP contribution >= 0.6 is 64.8 Å². The number of halogens is 4. The van der Waals surface area contributed by atoms with E-state index < -0.39 is 0 Å². The third kappa shape index (κ3) is 6.01. The van der Waals surface area contributed by atoms with Crippen molar-refractivity contribution in [1.29, 1.82) is 0 Å². The smallest absolute Gasteiger partial charge is 0.0834 e. The summed E-state index contributed by atoms with van der Waals surface area (Å²) in [5.41, 5.74) is 5.27. The van der Waals surface area contributed by atoms with E-state index in [9.17, 15) is 0 Å². The molecule has 1 nitrogen and oxygen atoms in total. The van der Waals surface area contributed by atoms with Gasteiger partial charge in [0.15, 0.2) is 0 Å². The summed E-state index contributed by atoms with van der Waals surface area (Å²) in [6.45, 7) is 0.640. The Hall–Kier alpha value is 1.88. The zero-order chi connectivity index (χ0) is 5.86. The van der Waals surface area contributed by atoms with Gasteiger partial charge in [0.25, 0.3) is 0 Å². The van der Waals surface area contributed by atoms with Crippen molar-refractivity contribution in [3.8, 4) is 0 Å². The quantitative estimate of drug-likeness (QED) is 0.736. The molecule has 0 aliphatic carbocycles. The van der Waals surface area contributed by atoms with Crippen LogP contribution in [-0.2, 0) is 0 Å². The minimum absolute atomic E-state index is 0. The summed E-state index contributed by atoms with van der Waals surface area (Å²) in [4.78, 5) is 0.326. The van der Waals surface area contributed by atoms with E-state index >= 15 is 0 Å². The Bertz CT molecular complexity index is 48.5. The van der Waals surface area contributed by atoms with Gasteiger partial charge in [-0.3, -0.25) is 0 Å². The molecule has 0 aromatic heterocycles. The molecule has 0 aliphatic rings. The second-order valence-corrected chi connectivity index (χ2v) is 5.46. The summed E-state index contributed by atoms with van der Waals surface area (Å²) in [5.74, 6) is 0. The van der Waals surface area contributed by atoms with Crippen LogP contribution < -0.4 is 5.73 Å². The highest BCUT2D eigenvalue weighted by atomic mass is 79.9. The second-order valence-electron chi connectivity index (χ2n) is 1.09. The van der Waals surface area contributed by atoms with E-state index in [1.807, 2.05) is 0 Å². The Labute approximate surface area is 84.9 Å². The average Bonchev–Trinajstić information content (AvgIpc) is 1.65. The topological polar surface area (TPSA) is 26.0 Å². The lowest BCUT2D eigenvalue weighted by atomic mass is 10.5. The molecule has 52 valence electrons. The lowest BCUT2D eigenvalue weighted by molar-refractivity contribution is 0.965. The fourth-order valence-electron chi connectivity index (χ4n) is 0.103.